The van der Waals surface area contributed by atoms with Crippen LogP contribution in [-0.2, 0) is 51.3 Å². The standard InChI is InChI=1S/C15H22NO2.C10H19N5O.C9H18NO2.C8H16N2O.C8H16NO2.2C8H8.C6H16NO.C5H14N.7ClH/c1-12(2)15(17)18-11-14-8-6-13(7-9-14)10-16(3,4)5;1-5-8(16)13-10(3,4)6-7(2)14-15-9(11)12;1-5-9(11)12-8-6-7-10(2,3)4;1-5-8(11)9-6-7-10(2,3)4;1-5-8(10)11-7-6-9(2,3)4;2*1-2-8-6-4-3-5-7-8;1-4-7(2,3)5-6-8;1-5-6(2,3)4;;;;;;;/h6-9H,1,10-11H2,2-5H3;5H,1,6H2,2-4H3,(H,13,16)(H4,11,12,15);5H,1,6-8H2,2-4H3;2*5H,1,6-7H2,2-4H3;2*2-7H,1H2;8H,4-6H2,1-3H3;5H2,1-4H3;7*1H/q+1;;+1;;+1;;;2*+1;;;;;;;/p-6. The topological polar surface area (TPSA) is 234 Å². The molecule has 0 atom stereocenters. The second-order valence-electron chi connectivity index (χ2n) is 28.9. The molecule has 0 saturated carbocycles. The number of amides is 2. The van der Waals surface area contributed by atoms with Gasteiger partial charge in [-0.15, -0.1) is 5.10 Å². The number of nitrogens with one attached hydrogen (secondary N) is 2. The number of carbonyl (C=O) groups excluding carboxylic acids is 5. The molecule has 21 nitrogen and oxygen atoms in total. The number of aliphatic hydroxyl groups excluding tert-OH is 1. The lowest BCUT2D eigenvalue weighted by Gasteiger charge is -2.26. The number of nitrogens with zero attached hydrogens (tertiary/aromatic N) is 8. The lowest BCUT2D eigenvalue weighted by Crippen LogP contribution is -3.00. The zero-order chi connectivity index (χ0) is 77.4. The van der Waals surface area contributed by atoms with Crippen LogP contribution in [0.15, 0.2) is 171 Å². The third-order valence-corrected chi connectivity index (χ3v) is 12.5. The molecule has 0 spiro atoms. The molecule has 3 aromatic rings. The molecule has 0 aliphatic rings. The van der Waals surface area contributed by atoms with Crippen molar-refractivity contribution in [3.05, 3.63) is 183 Å². The van der Waals surface area contributed by atoms with E-state index in [1.807, 2.05) is 120 Å². The van der Waals surface area contributed by atoms with Crippen LogP contribution in [-0.4, -0.2) is 264 Å². The Morgan fingerprint density at radius 1 is 0.505 bits per heavy atom. The molecule has 610 valence electrons. The van der Waals surface area contributed by atoms with Crippen LogP contribution in [0.3, 0.4) is 0 Å². The Labute approximate surface area is 680 Å². The van der Waals surface area contributed by atoms with Crippen molar-refractivity contribution >= 4 is 53.5 Å². The molecule has 0 fully saturated rings. The molecule has 0 radical (unpaired) electrons. The molecule has 28 heteroatoms. The molecule has 0 unspecified atom stereocenters. The molecule has 3 rings (SSSR count). The number of ether oxygens (including phenoxy) is 3. The largest absolute Gasteiger partial charge is 1.00 e. The highest BCUT2D eigenvalue weighted by molar-refractivity contribution is 5.89. The molecule has 0 bridgehead atoms. The summed E-state index contributed by atoms with van der Waals surface area (Å²) in [5.74, 6) is -1.44. The lowest BCUT2D eigenvalue weighted by molar-refractivity contribution is -0.888. The number of rotatable bonds is 29. The van der Waals surface area contributed by atoms with Crippen molar-refractivity contribution in [2.45, 2.75) is 73.1 Å². The Bertz CT molecular complexity index is 2730. The smallest absolute Gasteiger partial charge is 0.333 e. The first-order chi connectivity index (χ1) is 45.0. The van der Waals surface area contributed by atoms with Gasteiger partial charge in [-0.3, -0.25) is 9.59 Å². The van der Waals surface area contributed by atoms with E-state index in [9.17, 15) is 24.0 Å². The van der Waals surface area contributed by atoms with Crippen molar-refractivity contribution in [1.29, 1.82) is 0 Å². The van der Waals surface area contributed by atoms with E-state index in [0.717, 1.165) is 83.9 Å². The van der Waals surface area contributed by atoms with E-state index < -0.39 is 5.54 Å². The van der Waals surface area contributed by atoms with Crippen molar-refractivity contribution in [2.75, 3.05) is 185 Å². The number of esters is 3. The van der Waals surface area contributed by atoms with E-state index in [0.29, 0.717) is 45.0 Å². The number of hydrogen-bond acceptors (Lipinski definition) is 11. The highest BCUT2D eigenvalue weighted by Gasteiger charge is 2.20. The molecular weight excluding hydrogens is 1490 g/mol. The average Bonchev–Trinajstić information content (AvgIpc) is 0.889. The van der Waals surface area contributed by atoms with Gasteiger partial charge in [0.2, 0.25) is 17.8 Å². The first-order valence-corrected chi connectivity index (χ1v) is 32.7. The van der Waals surface area contributed by atoms with Crippen LogP contribution in [0.2, 0.25) is 0 Å². The molecule has 0 aliphatic heterocycles. The van der Waals surface area contributed by atoms with Crippen LogP contribution in [0.5, 0.6) is 0 Å². The quantitative estimate of drug-likeness (QED) is 0.00641. The summed E-state index contributed by atoms with van der Waals surface area (Å²) < 4.78 is 20.1. The van der Waals surface area contributed by atoms with Crippen molar-refractivity contribution in [3.63, 3.8) is 0 Å². The highest BCUT2D eigenvalue weighted by Crippen LogP contribution is 2.12. The number of quaternary nitrogens is 6. The van der Waals surface area contributed by atoms with Crippen molar-refractivity contribution < 1.29 is 157 Å². The van der Waals surface area contributed by atoms with Gasteiger partial charge >= 0.3 is 17.9 Å². The summed E-state index contributed by atoms with van der Waals surface area (Å²) in [7, 11) is 35.9. The Balaban J connectivity index is -0.0000000831. The van der Waals surface area contributed by atoms with Gasteiger partial charge in [0.1, 0.15) is 32.8 Å². The fourth-order valence-corrected chi connectivity index (χ4v) is 6.25. The summed E-state index contributed by atoms with van der Waals surface area (Å²) in [6.45, 7) is 44.8. The van der Waals surface area contributed by atoms with Crippen LogP contribution in [0.25, 0.3) is 12.2 Å². The first kappa shape index (κ1) is 128. The second kappa shape index (κ2) is 72.1. The number of benzene rings is 3. The zero-order valence-electron chi connectivity index (χ0n) is 68.0. The van der Waals surface area contributed by atoms with Crippen molar-refractivity contribution in [1.82, 2.24) is 10.6 Å². The Morgan fingerprint density at radius 2 is 0.895 bits per heavy atom. The Kier molecular flexibility index (Phi) is 88.2. The number of hydrogen-bond donors (Lipinski definition) is 5. The number of halogens is 7. The van der Waals surface area contributed by atoms with E-state index in [1.165, 1.54) is 47.5 Å². The van der Waals surface area contributed by atoms with E-state index in [4.69, 9.17) is 30.8 Å². The van der Waals surface area contributed by atoms with E-state index >= 15 is 0 Å². The molecule has 105 heavy (non-hydrogen) atoms. The van der Waals surface area contributed by atoms with E-state index in [-0.39, 0.29) is 123 Å². The van der Waals surface area contributed by atoms with Gasteiger partial charge in [-0.05, 0) is 70.4 Å². The minimum atomic E-state index is -0.419. The molecule has 0 aliphatic carbocycles. The number of aliphatic hydroxyl groups is 1. The maximum atomic E-state index is 11.2. The minimum Gasteiger partial charge on any atom is -1.00 e. The summed E-state index contributed by atoms with van der Waals surface area (Å²) in [5.41, 5.74) is 15.6. The average molecular weight is 1620 g/mol. The molecule has 3 aromatic carbocycles. The number of carbonyl (C=O) groups is 5. The third-order valence-electron chi connectivity index (χ3n) is 12.5. The first-order valence-electron chi connectivity index (χ1n) is 32.7. The normalized spacial score (nSPS) is 10.1. The van der Waals surface area contributed by atoms with Crippen LogP contribution >= 0.6 is 0 Å². The molecule has 0 aromatic heterocycles. The van der Waals surface area contributed by atoms with Crippen molar-refractivity contribution in [3.8, 4) is 0 Å². The maximum Gasteiger partial charge on any atom is 0.333 e. The van der Waals surface area contributed by atoms with Crippen LogP contribution in [0.4, 0.5) is 0 Å². The lowest BCUT2D eigenvalue weighted by atomic mass is 9.98. The van der Waals surface area contributed by atoms with Gasteiger partial charge < -0.3 is 155 Å². The number of guanidine groups is 1. The van der Waals surface area contributed by atoms with Gasteiger partial charge in [0.15, 0.2) is 0 Å². The van der Waals surface area contributed by atoms with Gasteiger partial charge in [-0.2, -0.15) is 5.10 Å². The summed E-state index contributed by atoms with van der Waals surface area (Å²) >= 11 is 0. The summed E-state index contributed by atoms with van der Waals surface area (Å²) in [5, 5.41) is 21.4. The third kappa shape index (κ3) is 104. The molecule has 0 saturated heterocycles. The fraction of sp³-hybridized carbons (Fsp3) is 0.494. The van der Waals surface area contributed by atoms with Crippen LogP contribution < -0.4 is 109 Å². The SMILES string of the molecule is C=C(C)C(=O)OCc1ccc(C[N+](C)(C)C)cc1.C=CC(=O)NC(C)(C)CC(C)=NN=C(N)N.C=CC(=O)NCC[N+](C)(C)C.C=CC(=O)OCCC[N+](C)(C)C.C=CC(=O)OCC[N+](C)(C)C.C=Cc1ccccc1.C=Cc1ccccc1.CC[N+](C)(C)C.CC[N+](C)(C)CCO.[Cl-].[Cl-].[Cl-].[Cl-].[Cl-].[Cl-].[Cl-]. The molecular formula is C77H138Cl7N12O9-. The van der Waals surface area contributed by atoms with Gasteiger partial charge in [0, 0.05) is 47.4 Å². The molecule has 2 amide bonds. The van der Waals surface area contributed by atoms with Gasteiger partial charge in [0.05, 0.1) is 166 Å². The highest BCUT2D eigenvalue weighted by atomic mass is 35.5. The summed E-state index contributed by atoms with van der Waals surface area (Å²) in [4.78, 5) is 54.2. The van der Waals surface area contributed by atoms with Crippen molar-refractivity contribution in [2.24, 2.45) is 21.7 Å². The maximum absolute atomic E-state index is 11.2. The zero-order valence-corrected chi connectivity index (χ0v) is 73.3. The monoisotopic (exact) mass is 1620 g/mol. The van der Waals surface area contributed by atoms with Gasteiger partial charge in [-0.25, -0.2) is 14.4 Å². The Hall–Kier alpha value is -6.12. The second-order valence-corrected chi connectivity index (χ2v) is 28.9. The predicted molar refractivity (Wildman–Crippen MR) is 414 cm³/mol. The van der Waals surface area contributed by atoms with Gasteiger partial charge in [0.25, 0.3) is 0 Å². The summed E-state index contributed by atoms with van der Waals surface area (Å²) in [6.07, 6.45) is 9.98. The fourth-order valence-electron chi connectivity index (χ4n) is 6.25. The minimum absolute atomic E-state index is 0. The van der Waals surface area contributed by atoms with E-state index in [1.54, 1.807) is 13.8 Å². The van der Waals surface area contributed by atoms with E-state index in [2.05, 4.69) is 192 Å². The Morgan fingerprint density at radius 3 is 1.19 bits per heavy atom. The molecule has 7 N–H and O–H groups in total. The van der Waals surface area contributed by atoms with Crippen LogP contribution in [0, 0.1) is 0 Å². The number of nitrogens with two attached hydrogens (primary N) is 2. The number of likely N-dealkylation sites (N-methyl/N-ethyl adjacent to an activating group) is 3. The predicted octanol–water partition coefficient (Wildman–Crippen LogP) is -11.7. The molecule has 0 heterocycles. The van der Waals surface area contributed by atoms with Crippen LogP contribution in [0.1, 0.15) is 76.6 Å². The van der Waals surface area contributed by atoms with Gasteiger partial charge in [-0.1, -0.05) is 143 Å². The summed E-state index contributed by atoms with van der Waals surface area (Å²) in [6, 6.07) is 28.2.